The minimum atomic E-state index is -1.23. The van der Waals surface area contributed by atoms with Crippen molar-refractivity contribution in [1.82, 2.24) is 10.2 Å². The lowest BCUT2D eigenvalue weighted by molar-refractivity contribution is -0.134. The summed E-state index contributed by atoms with van der Waals surface area (Å²) in [5, 5.41) is 2.57. The van der Waals surface area contributed by atoms with Gasteiger partial charge in [-0.2, -0.15) is 0 Å². The van der Waals surface area contributed by atoms with E-state index in [1.165, 1.54) is 6.26 Å². The van der Waals surface area contributed by atoms with Gasteiger partial charge in [0, 0.05) is 6.42 Å². The second-order valence-corrected chi connectivity index (χ2v) is 4.71. The molecule has 1 aromatic rings. The zero-order valence-electron chi connectivity index (χ0n) is 10.9. The molecule has 0 spiro atoms. The molecule has 1 unspecified atom stereocenters. The van der Waals surface area contributed by atoms with Crippen LogP contribution in [0.25, 0.3) is 0 Å². The highest BCUT2D eigenvalue weighted by molar-refractivity contribution is 6.09. The van der Waals surface area contributed by atoms with Crippen molar-refractivity contribution in [2.45, 2.75) is 32.2 Å². The number of amides is 3. The van der Waals surface area contributed by atoms with Crippen LogP contribution >= 0.6 is 0 Å². The molecule has 1 aromatic heterocycles. The van der Waals surface area contributed by atoms with Crippen LogP contribution in [0.4, 0.5) is 4.79 Å². The van der Waals surface area contributed by atoms with Crippen LogP contribution in [-0.4, -0.2) is 29.2 Å². The van der Waals surface area contributed by atoms with Crippen molar-refractivity contribution in [3.63, 3.8) is 0 Å². The third-order valence-electron chi connectivity index (χ3n) is 3.15. The van der Waals surface area contributed by atoms with E-state index < -0.39 is 17.5 Å². The normalized spacial score (nSPS) is 22.7. The number of rotatable bonds is 5. The molecule has 6 heteroatoms. The number of hydrogen-bond acceptors (Lipinski definition) is 4. The number of furan rings is 1. The average Bonchev–Trinajstić information content (AvgIpc) is 2.94. The molecule has 0 bridgehead atoms. The Bertz CT molecular complexity index is 509. The van der Waals surface area contributed by atoms with Crippen molar-refractivity contribution in [2.75, 3.05) is 6.54 Å². The Labute approximate surface area is 110 Å². The summed E-state index contributed by atoms with van der Waals surface area (Å²) in [6.45, 7) is 3.25. The highest BCUT2D eigenvalue weighted by Gasteiger charge is 2.51. The number of nitrogens with one attached hydrogen (secondary N) is 1. The van der Waals surface area contributed by atoms with Gasteiger partial charge in [-0.1, -0.05) is 6.92 Å². The van der Waals surface area contributed by atoms with Gasteiger partial charge in [-0.25, -0.2) is 4.79 Å². The van der Waals surface area contributed by atoms with E-state index in [-0.39, 0.29) is 12.3 Å². The zero-order chi connectivity index (χ0) is 14.0. The number of nitrogens with zero attached hydrogens (tertiary/aromatic N) is 1. The lowest BCUT2D eigenvalue weighted by atomic mass is 9.99. The minimum Gasteiger partial charge on any atom is -0.466 e. The van der Waals surface area contributed by atoms with Gasteiger partial charge in [0.2, 0.25) is 0 Å². The molecule has 102 valence electrons. The highest BCUT2D eigenvalue weighted by atomic mass is 16.3. The Morgan fingerprint density at radius 1 is 1.47 bits per heavy atom. The molecule has 2 heterocycles. The van der Waals surface area contributed by atoms with E-state index in [4.69, 9.17) is 4.42 Å². The molecule has 0 aliphatic carbocycles. The summed E-state index contributed by atoms with van der Waals surface area (Å²) in [5.74, 6) is -0.233. The lowest BCUT2D eigenvalue weighted by Crippen LogP contribution is -2.41. The van der Waals surface area contributed by atoms with Gasteiger partial charge in [-0.3, -0.25) is 14.5 Å². The fraction of sp³-hybridized carbons (Fsp3) is 0.462. The maximum Gasteiger partial charge on any atom is 0.325 e. The Morgan fingerprint density at radius 2 is 2.21 bits per heavy atom. The molecule has 19 heavy (non-hydrogen) atoms. The van der Waals surface area contributed by atoms with Gasteiger partial charge in [0.05, 0.1) is 12.8 Å². The van der Waals surface area contributed by atoms with Crippen LogP contribution in [0.5, 0.6) is 0 Å². The first kappa shape index (κ1) is 13.3. The Balaban J connectivity index is 2.19. The van der Waals surface area contributed by atoms with E-state index in [2.05, 4.69) is 5.32 Å². The standard InChI is InChI=1S/C13H16N2O4/c1-3-5-9(16)8-15-11(17)13(2,14-12(15)18)10-6-4-7-19-10/h4,6-7H,3,5,8H2,1-2H3,(H,14,18). The average molecular weight is 264 g/mol. The van der Waals surface area contributed by atoms with Crippen LogP contribution in [0, 0.1) is 0 Å². The van der Waals surface area contributed by atoms with Crippen LogP contribution in [0.3, 0.4) is 0 Å². The van der Waals surface area contributed by atoms with Crippen molar-refractivity contribution >= 4 is 17.7 Å². The molecular formula is C13H16N2O4. The zero-order valence-corrected chi connectivity index (χ0v) is 10.9. The summed E-state index contributed by atoms with van der Waals surface area (Å²) in [7, 11) is 0. The van der Waals surface area contributed by atoms with Crippen molar-refractivity contribution in [1.29, 1.82) is 0 Å². The first-order valence-corrected chi connectivity index (χ1v) is 6.19. The summed E-state index contributed by atoms with van der Waals surface area (Å²) in [6, 6.07) is 2.70. The quantitative estimate of drug-likeness (QED) is 0.815. The monoisotopic (exact) mass is 264 g/mol. The van der Waals surface area contributed by atoms with Crippen molar-refractivity contribution in [3.8, 4) is 0 Å². The molecule has 1 atom stereocenters. The Morgan fingerprint density at radius 3 is 2.79 bits per heavy atom. The van der Waals surface area contributed by atoms with Gasteiger partial charge >= 0.3 is 6.03 Å². The first-order valence-electron chi connectivity index (χ1n) is 6.19. The first-order chi connectivity index (χ1) is 8.99. The summed E-state index contributed by atoms with van der Waals surface area (Å²) in [5.41, 5.74) is -1.23. The molecule has 1 aliphatic rings. The second-order valence-electron chi connectivity index (χ2n) is 4.71. The largest absolute Gasteiger partial charge is 0.466 e. The number of hydrogen-bond donors (Lipinski definition) is 1. The van der Waals surface area contributed by atoms with E-state index in [1.807, 2.05) is 6.92 Å². The van der Waals surface area contributed by atoms with Crippen LogP contribution in [-0.2, 0) is 15.1 Å². The van der Waals surface area contributed by atoms with Crippen molar-refractivity contribution in [3.05, 3.63) is 24.2 Å². The summed E-state index contributed by atoms with van der Waals surface area (Å²) >= 11 is 0. The summed E-state index contributed by atoms with van der Waals surface area (Å²) < 4.78 is 5.19. The second kappa shape index (κ2) is 4.87. The smallest absolute Gasteiger partial charge is 0.325 e. The molecule has 6 nitrogen and oxygen atoms in total. The topological polar surface area (TPSA) is 79.6 Å². The molecule has 1 saturated heterocycles. The number of urea groups is 1. The van der Waals surface area contributed by atoms with Crippen molar-refractivity contribution in [2.24, 2.45) is 0 Å². The predicted octanol–water partition coefficient (Wildman–Crippen LogP) is 1.42. The maximum atomic E-state index is 12.3. The van der Waals surface area contributed by atoms with E-state index in [0.717, 1.165) is 4.90 Å². The molecule has 0 saturated carbocycles. The van der Waals surface area contributed by atoms with Gasteiger partial charge in [0.25, 0.3) is 5.91 Å². The molecule has 1 fully saturated rings. The maximum absolute atomic E-state index is 12.3. The van der Waals surface area contributed by atoms with E-state index in [1.54, 1.807) is 19.1 Å². The Kier molecular flexibility index (Phi) is 3.42. The fourth-order valence-electron chi connectivity index (χ4n) is 2.10. The van der Waals surface area contributed by atoms with Crippen LogP contribution < -0.4 is 5.32 Å². The number of Topliss-reactive ketones (excluding diaryl/α,β-unsaturated/α-hetero) is 1. The number of ketones is 1. The predicted molar refractivity (Wildman–Crippen MR) is 66.2 cm³/mol. The van der Waals surface area contributed by atoms with E-state index in [0.29, 0.717) is 18.6 Å². The molecule has 2 rings (SSSR count). The van der Waals surface area contributed by atoms with Crippen LogP contribution in [0.1, 0.15) is 32.4 Å². The highest BCUT2D eigenvalue weighted by Crippen LogP contribution is 2.28. The number of imide groups is 1. The van der Waals surface area contributed by atoms with E-state index in [9.17, 15) is 14.4 Å². The molecule has 3 amide bonds. The number of carbonyl (C=O) groups is 3. The minimum absolute atomic E-state index is 0.130. The molecule has 1 N–H and O–H groups in total. The molecule has 0 aromatic carbocycles. The van der Waals surface area contributed by atoms with E-state index >= 15 is 0 Å². The van der Waals surface area contributed by atoms with Crippen molar-refractivity contribution < 1.29 is 18.8 Å². The molecular weight excluding hydrogens is 248 g/mol. The van der Waals surface area contributed by atoms with Gasteiger partial charge in [-0.05, 0) is 25.5 Å². The molecule has 1 aliphatic heterocycles. The lowest BCUT2D eigenvalue weighted by Gasteiger charge is -2.18. The van der Waals surface area contributed by atoms with Gasteiger partial charge in [-0.15, -0.1) is 0 Å². The molecule has 0 radical (unpaired) electrons. The third-order valence-corrected chi connectivity index (χ3v) is 3.15. The van der Waals surface area contributed by atoms with Gasteiger partial charge in [0.15, 0.2) is 11.3 Å². The van der Waals surface area contributed by atoms with Crippen LogP contribution in [0.15, 0.2) is 22.8 Å². The summed E-state index contributed by atoms with van der Waals surface area (Å²) in [6.07, 6.45) is 2.48. The third kappa shape index (κ3) is 2.25. The fourth-order valence-corrected chi connectivity index (χ4v) is 2.10. The SMILES string of the molecule is CCCC(=O)CN1C(=O)NC(C)(c2ccco2)C1=O. The summed E-state index contributed by atoms with van der Waals surface area (Å²) in [4.78, 5) is 36.7. The van der Waals surface area contributed by atoms with Crippen LogP contribution in [0.2, 0.25) is 0 Å². The van der Waals surface area contributed by atoms with Gasteiger partial charge < -0.3 is 9.73 Å². The Hall–Kier alpha value is -2.11. The number of carbonyl (C=O) groups excluding carboxylic acids is 3. The van der Waals surface area contributed by atoms with Gasteiger partial charge in [0.1, 0.15) is 5.76 Å².